The fraction of sp³-hybridized carbons (Fsp3) is 0.846. The van der Waals surface area contributed by atoms with Crippen LogP contribution in [0.15, 0.2) is 12.2 Å². The van der Waals surface area contributed by atoms with Crippen LogP contribution in [0.2, 0.25) is 0 Å². The van der Waals surface area contributed by atoms with Crippen molar-refractivity contribution in [2.24, 2.45) is 0 Å². The zero-order chi connectivity index (χ0) is 34.7. The molecule has 44 heavy (non-hydrogen) atoms. The Balaban J connectivity index is 4.92. The van der Waals surface area contributed by atoms with Crippen LogP contribution in [-0.4, -0.2) is 53.7 Å². The summed E-state index contributed by atoms with van der Waals surface area (Å²) in [5.41, 5.74) is 0. The third kappa shape index (κ3) is 9.66. The molecule has 0 heterocycles. The predicted octanol–water partition coefficient (Wildman–Crippen LogP) is 10.5. The van der Waals surface area contributed by atoms with Crippen LogP contribution in [0.5, 0.6) is 0 Å². The van der Waals surface area contributed by atoms with E-state index in [1.807, 2.05) is 12.2 Å². The lowest BCUT2D eigenvalue weighted by molar-refractivity contribution is -0.450. The highest BCUT2D eigenvalue weighted by molar-refractivity contribution is 5.90. The van der Waals surface area contributed by atoms with Crippen LogP contribution in [0, 0.1) is 0 Å². The maximum absolute atomic E-state index is 13.8. The van der Waals surface area contributed by atoms with E-state index in [2.05, 4.69) is 11.7 Å². The summed E-state index contributed by atoms with van der Waals surface area (Å²) < 4.78 is 201. The van der Waals surface area contributed by atoms with Crippen molar-refractivity contribution < 1.29 is 80.2 Å². The van der Waals surface area contributed by atoms with E-state index >= 15 is 0 Å². The first-order chi connectivity index (χ1) is 19.9. The SMILES string of the molecule is CCCCCCCCC=CCCCCCCCC(=O)OC(=O)C(F)(F)C(F)(F)C(F)(F)C(F)(F)C(F)(F)C(F)(F)C(F)(F)F. The molecule has 0 N–H and O–H groups in total. The maximum Gasteiger partial charge on any atom is 0.460 e. The summed E-state index contributed by atoms with van der Waals surface area (Å²) in [4.78, 5) is 22.8. The molecule has 0 saturated carbocycles. The molecule has 0 rings (SSSR count). The van der Waals surface area contributed by atoms with Crippen molar-refractivity contribution in [2.75, 3.05) is 0 Å². The van der Waals surface area contributed by atoms with Crippen LogP contribution in [-0.2, 0) is 14.3 Å². The summed E-state index contributed by atoms with van der Waals surface area (Å²) in [5.74, 6) is -54.8. The predicted molar refractivity (Wildman–Crippen MR) is 126 cm³/mol. The Morgan fingerprint density at radius 1 is 0.500 bits per heavy atom. The second-order valence-electron chi connectivity index (χ2n) is 10.0. The molecule has 0 atom stereocenters. The number of hydrogen-bond donors (Lipinski definition) is 0. The van der Waals surface area contributed by atoms with Crippen LogP contribution >= 0.6 is 0 Å². The lowest BCUT2D eigenvalue weighted by Gasteiger charge is -2.40. The van der Waals surface area contributed by atoms with Crippen LogP contribution in [0.4, 0.5) is 65.9 Å². The van der Waals surface area contributed by atoms with E-state index in [-0.39, 0.29) is 12.8 Å². The van der Waals surface area contributed by atoms with Gasteiger partial charge < -0.3 is 4.74 Å². The number of carbonyl (C=O) groups is 2. The Labute approximate surface area is 243 Å². The minimum atomic E-state index is -8.53. The first kappa shape index (κ1) is 41.8. The van der Waals surface area contributed by atoms with Crippen LogP contribution in [0.25, 0.3) is 0 Å². The van der Waals surface area contributed by atoms with Gasteiger partial charge in [-0.15, -0.1) is 0 Å². The summed E-state index contributed by atoms with van der Waals surface area (Å²) in [5, 5.41) is 0. The lowest BCUT2D eigenvalue weighted by atomic mass is 9.91. The summed E-state index contributed by atoms with van der Waals surface area (Å²) in [6.45, 7) is 2.12. The van der Waals surface area contributed by atoms with Crippen molar-refractivity contribution in [3.8, 4) is 0 Å². The van der Waals surface area contributed by atoms with Crippen molar-refractivity contribution in [2.45, 2.75) is 139 Å². The van der Waals surface area contributed by atoms with Gasteiger partial charge in [0.05, 0.1) is 0 Å². The van der Waals surface area contributed by atoms with E-state index in [0.29, 0.717) is 12.8 Å². The standard InChI is InChI=1S/C26H33F15O3/c1-2-3-4-5-6-7-8-9-10-11-12-13-14-15-16-17-18(42)44-19(43)20(27,28)21(29,30)22(31,32)23(33,34)24(35,36)25(37,38)26(39,40)41/h9-10H,2-8,11-17H2,1H3. The Kier molecular flexibility index (Phi) is 15.6. The molecule has 0 aliphatic rings. The normalized spacial score (nSPS) is 14.4. The number of hydrogen-bond acceptors (Lipinski definition) is 3. The van der Waals surface area contributed by atoms with Gasteiger partial charge in [0.2, 0.25) is 0 Å². The molecule has 0 saturated heterocycles. The molecule has 0 amide bonds. The van der Waals surface area contributed by atoms with Gasteiger partial charge >= 0.3 is 53.7 Å². The second kappa shape index (κ2) is 16.4. The minimum Gasteiger partial charge on any atom is -0.388 e. The first-order valence-corrected chi connectivity index (χ1v) is 13.6. The maximum atomic E-state index is 13.8. The number of carbonyl (C=O) groups excluding carboxylic acids is 2. The minimum absolute atomic E-state index is 0.199. The fourth-order valence-corrected chi connectivity index (χ4v) is 3.65. The van der Waals surface area contributed by atoms with Gasteiger partial charge in [-0.25, -0.2) is 4.79 Å². The molecule has 0 radical (unpaired) electrons. The largest absolute Gasteiger partial charge is 0.460 e. The summed E-state index contributed by atoms with van der Waals surface area (Å²) in [7, 11) is 0. The number of alkyl halides is 15. The zero-order valence-corrected chi connectivity index (χ0v) is 23.4. The average Bonchev–Trinajstić information content (AvgIpc) is 2.89. The van der Waals surface area contributed by atoms with Crippen molar-refractivity contribution in [1.82, 2.24) is 0 Å². The Bertz CT molecular complexity index is 928. The van der Waals surface area contributed by atoms with Gasteiger partial charge in [-0.05, 0) is 32.1 Å². The molecule has 0 aliphatic heterocycles. The van der Waals surface area contributed by atoms with Gasteiger partial charge in [0.1, 0.15) is 0 Å². The van der Waals surface area contributed by atoms with Gasteiger partial charge in [0, 0.05) is 6.42 Å². The monoisotopic (exact) mass is 678 g/mol. The van der Waals surface area contributed by atoms with E-state index in [1.165, 1.54) is 19.3 Å². The highest BCUT2D eigenvalue weighted by atomic mass is 19.4. The Hall–Kier alpha value is -2.17. The fourth-order valence-electron chi connectivity index (χ4n) is 3.65. The Morgan fingerprint density at radius 2 is 0.864 bits per heavy atom. The summed E-state index contributed by atoms with van der Waals surface area (Å²) in [6, 6.07) is 0. The molecule has 0 spiro atoms. The van der Waals surface area contributed by atoms with Gasteiger partial charge in [0.15, 0.2) is 0 Å². The number of unbranched alkanes of at least 4 members (excludes halogenated alkanes) is 11. The van der Waals surface area contributed by atoms with Crippen molar-refractivity contribution in [3.63, 3.8) is 0 Å². The summed E-state index contributed by atoms with van der Waals surface area (Å²) >= 11 is 0. The van der Waals surface area contributed by atoms with Crippen molar-refractivity contribution in [1.29, 1.82) is 0 Å². The van der Waals surface area contributed by atoms with Crippen molar-refractivity contribution in [3.05, 3.63) is 12.2 Å². The smallest absolute Gasteiger partial charge is 0.388 e. The molecule has 0 aromatic carbocycles. The van der Waals surface area contributed by atoms with Gasteiger partial charge in [-0.3, -0.25) is 4.79 Å². The number of ether oxygens (including phenoxy) is 1. The number of allylic oxidation sites excluding steroid dienone is 2. The molecular formula is C26H33F15O3. The molecular weight excluding hydrogens is 645 g/mol. The van der Waals surface area contributed by atoms with Crippen molar-refractivity contribution >= 4 is 11.9 Å². The topological polar surface area (TPSA) is 43.4 Å². The quantitative estimate of drug-likeness (QED) is 0.0399. The molecule has 3 nitrogen and oxygen atoms in total. The van der Waals surface area contributed by atoms with E-state index in [1.54, 1.807) is 0 Å². The van der Waals surface area contributed by atoms with E-state index in [0.717, 1.165) is 38.5 Å². The number of rotatable bonds is 21. The molecule has 0 aromatic heterocycles. The van der Waals surface area contributed by atoms with Gasteiger partial charge in [0.25, 0.3) is 0 Å². The van der Waals surface area contributed by atoms with E-state index in [4.69, 9.17) is 0 Å². The van der Waals surface area contributed by atoms with Gasteiger partial charge in [-0.2, -0.15) is 65.9 Å². The molecule has 0 aliphatic carbocycles. The Morgan fingerprint density at radius 3 is 1.30 bits per heavy atom. The lowest BCUT2D eigenvalue weighted by Crippen LogP contribution is -2.73. The zero-order valence-electron chi connectivity index (χ0n) is 23.4. The number of halogens is 15. The van der Waals surface area contributed by atoms with Crippen LogP contribution in [0.3, 0.4) is 0 Å². The molecule has 0 unspecified atom stereocenters. The summed E-state index contributed by atoms with van der Waals surface area (Å²) in [6.07, 6.45) is 5.71. The molecule has 18 heteroatoms. The molecule has 260 valence electrons. The average molecular weight is 679 g/mol. The second-order valence-corrected chi connectivity index (χ2v) is 10.0. The molecule has 0 fully saturated rings. The third-order valence-electron chi connectivity index (χ3n) is 6.43. The third-order valence-corrected chi connectivity index (χ3v) is 6.43. The molecule has 0 aromatic rings. The highest BCUT2D eigenvalue weighted by Crippen LogP contribution is 2.62. The first-order valence-electron chi connectivity index (χ1n) is 13.6. The van der Waals surface area contributed by atoms with Crippen LogP contribution < -0.4 is 0 Å². The molecule has 0 bridgehead atoms. The van der Waals surface area contributed by atoms with Gasteiger partial charge in [-0.1, -0.05) is 70.4 Å². The van der Waals surface area contributed by atoms with Crippen LogP contribution in [0.1, 0.15) is 96.8 Å². The van der Waals surface area contributed by atoms with E-state index in [9.17, 15) is 75.4 Å². The number of esters is 2. The van der Waals surface area contributed by atoms with E-state index < -0.39 is 60.1 Å². The highest BCUT2D eigenvalue weighted by Gasteiger charge is 2.94.